The van der Waals surface area contributed by atoms with Gasteiger partial charge in [-0.2, -0.15) is 5.10 Å². The summed E-state index contributed by atoms with van der Waals surface area (Å²) in [6, 6.07) is 8.05. The van der Waals surface area contributed by atoms with E-state index in [2.05, 4.69) is 12.0 Å². The summed E-state index contributed by atoms with van der Waals surface area (Å²) in [5, 5.41) is 13.6. The molecule has 0 aliphatic heterocycles. The number of carbonyl (C=O) groups is 1. The van der Waals surface area contributed by atoms with Crippen molar-refractivity contribution in [3.8, 4) is 5.69 Å². The first-order chi connectivity index (χ1) is 9.34. The molecule has 0 aliphatic rings. The van der Waals surface area contributed by atoms with E-state index < -0.39 is 5.97 Å². The molecule has 1 heterocycles. The van der Waals surface area contributed by atoms with Crippen LogP contribution in [0.3, 0.4) is 0 Å². The van der Waals surface area contributed by atoms with Crippen molar-refractivity contribution in [3.05, 3.63) is 47.3 Å². The summed E-state index contributed by atoms with van der Waals surface area (Å²) in [5.74, 6) is -0.939. The average molecular weight is 272 g/mol. The third kappa shape index (κ3) is 2.59. The van der Waals surface area contributed by atoms with Gasteiger partial charge in [0.15, 0.2) is 0 Å². The second kappa shape index (κ2) is 5.12. The predicted octanol–water partition coefficient (Wildman–Crippen LogP) is 3.43. The zero-order chi connectivity index (χ0) is 14.9. The van der Waals surface area contributed by atoms with Crippen LogP contribution in [0.25, 0.3) is 5.69 Å². The van der Waals surface area contributed by atoms with Crippen LogP contribution < -0.4 is 0 Å². The van der Waals surface area contributed by atoms with Gasteiger partial charge in [0.25, 0.3) is 0 Å². The Kier molecular flexibility index (Phi) is 3.66. The highest BCUT2D eigenvalue weighted by Gasteiger charge is 2.27. The number of carboxylic acid groups (broad SMARTS) is 1. The van der Waals surface area contributed by atoms with E-state index in [0.29, 0.717) is 5.69 Å². The molecule has 0 amide bonds. The largest absolute Gasteiger partial charge is 0.478 e. The fourth-order valence-corrected chi connectivity index (χ4v) is 2.30. The molecular weight excluding hydrogens is 252 g/mol. The van der Waals surface area contributed by atoms with Gasteiger partial charge in [0.1, 0.15) is 5.56 Å². The van der Waals surface area contributed by atoms with Crippen molar-refractivity contribution < 1.29 is 9.90 Å². The van der Waals surface area contributed by atoms with Crippen molar-refractivity contribution in [3.63, 3.8) is 0 Å². The highest BCUT2D eigenvalue weighted by atomic mass is 16.4. The summed E-state index contributed by atoms with van der Waals surface area (Å²) in [4.78, 5) is 11.4. The minimum atomic E-state index is -0.939. The van der Waals surface area contributed by atoms with Gasteiger partial charge >= 0.3 is 5.97 Å². The van der Waals surface area contributed by atoms with Crippen LogP contribution in [0.15, 0.2) is 30.5 Å². The van der Waals surface area contributed by atoms with Crippen molar-refractivity contribution >= 4 is 5.97 Å². The van der Waals surface area contributed by atoms with Gasteiger partial charge in [0, 0.05) is 5.41 Å². The van der Waals surface area contributed by atoms with Crippen LogP contribution in [0, 0.1) is 0 Å². The molecule has 2 rings (SSSR count). The van der Waals surface area contributed by atoms with E-state index in [-0.39, 0.29) is 11.0 Å². The van der Waals surface area contributed by atoms with Gasteiger partial charge in [0.05, 0.1) is 17.6 Å². The third-order valence-corrected chi connectivity index (χ3v) is 3.30. The fourth-order valence-electron chi connectivity index (χ4n) is 2.30. The van der Waals surface area contributed by atoms with Crippen LogP contribution in [-0.4, -0.2) is 20.9 Å². The van der Waals surface area contributed by atoms with E-state index >= 15 is 0 Å². The number of rotatable bonds is 3. The maximum Gasteiger partial charge on any atom is 0.339 e. The highest BCUT2D eigenvalue weighted by Crippen LogP contribution is 2.28. The number of hydrogen-bond acceptors (Lipinski definition) is 2. The van der Waals surface area contributed by atoms with Crippen LogP contribution in [0.4, 0.5) is 0 Å². The number of aromatic carboxylic acids is 1. The summed E-state index contributed by atoms with van der Waals surface area (Å²) < 4.78 is 1.73. The number of aryl methyl sites for hydroxylation is 1. The third-order valence-electron chi connectivity index (χ3n) is 3.30. The van der Waals surface area contributed by atoms with Crippen LogP contribution in [0.1, 0.15) is 49.3 Å². The zero-order valence-corrected chi connectivity index (χ0v) is 12.3. The van der Waals surface area contributed by atoms with Crippen LogP contribution in [0.2, 0.25) is 0 Å². The number of nitrogens with zero attached hydrogens (tertiary/aromatic N) is 2. The molecule has 0 bridgehead atoms. The lowest BCUT2D eigenvalue weighted by Crippen LogP contribution is -2.21. The Labute approximate surface area is 119 Å². The fraction of sp³-hybridized carbons (Fsp3) is 0.375. The average Bonchev–Trinajstić information content (AvgIpc) is 2.83. The molecule has 0 fully saturated rings. The Morgan fingerprint density at radius 1 is 1.25 bits per heavy atom. The molecule has 4 nitrogen and oxygen atoms in total. The maximum absolute atomic E-state index is 11.4. The van der Waals surface area contributed by atoms with Gasteiger partial charge in [-0.3, -0.25) is 0 Å². The summed E-state index contributed by atoms with van der Waals surface area (Å²) >= 11 is 0. The molecule has 0 saturated carbocycles. The van der Waals surface area contributed by atoms with Crippen molar-refractivity contribution in [1.82, 2.24) is 9.78 Å². The summed E-state index contributed by atoms with van der Waals surface area (Å²) in [6.45, 7) is 8.08. The molecule has 0 aliphatic carbocycles. The Morgan fingerprint density at radius 2 is 1.85 bits per heavy atom. The quantitative estimate of drug-likeness (QED) is 0.931. The summed E-state index contributed by atoms with van der Waals surface area (Å²) in [7, 11) is 0. The van der Waals surface area contributed by atoms with Gasteiger partial charge in [-0.15, -0.1) is 0 Å². The SMILES string of the molecule is CCc1ccc(-n2ncc(C(=O)O)c2C(C)(C)C)cc1. The predicted molar refractivity (Wildman–Crippen MR) is 78.6 cm³/mol. The summed E-state index contributed by atoms with van der Waals surface area (Å²) in [6.07, 6.45) is 2.41. The molecule has 0 atom stereocenters. The second-order valence-electron chi connectivity index (χ2n) is 5.89. The lowest BCUT2D eigenvalue weighted by Gasteiger charge is -2.21. The van der Waals surface area contributed by atoms with E-state index in [0.717, 1.165) is 12.1 Å². The topological polar surface area (TPSA) is 55.1 Å². The van der Waals surface area contributed by atoms with Crippen molar-refractivity contribution in [1.29, 1.82) is 0 Å². The molecule has 1 N–H and O–H groups in total. The van der Waals surface area contributed by atoms with Crippen LogP contribution in [0.5, 0.6) is 0 Å². The Morgan fingerprint density at radius 3 is 2.30 bits per heavy atom. The molecule has 1 aromatic carbocycles. The van der Waals surface area contributed by atoms with E-state index in [9.17, 15) is 9.90 Å². The maximum atomic E-state index is 11.4. The van der Waals surface area contributed by atoms with E-state index in [1.54, 1.807) is 4.68 Å². The molecule has 0 radical (unpaired) electrons. The molecule has 4 heteroatoms. The number of carboxylic acids is 1. The normalized spacial score (nSPS) is 11.6. The standard InChI is InChI=1S/C16H20N2O2/c1-5-11-6-8-12(9-7-11)18-14(16(2,3)4)13(10-17-18)15(19)20/h6-10H,5H2,1-4H3,(H,19,20). The molecule has 106 valence electrons. The van der Waals surface area contributed by atoms with Gasteiger partial charge in [-0.25, -0.2) is 9.48 Å². The number of benzene rings is 1. The lowest BCUT2D eigenvalue weighted by molar-refractivity contribution is 0.0694. The first kappa shape index (κ1) is 14.3. The second-order valence-corrected chi connectivity index (χ2v) is 5.89. The molecule has 0 spiro atoms. The van der Waals surface area contributed by atoms with Crippen molar-refractivity contribution in [2.75, 3.05) is 0 Å². The number of aromatic nitrogens is 2. The zero-order valence-electron chi connectivity index (χ0n) is 12.3. The Bertz CT molecular complexity index is 619. The first-order valence-electron chi connectivity index (χ1n) is 6.75. The lowest BCUT2D eigenvalue weighted by atomic mass is 9.89. The minimum Gasteiger partial charge on any atom is -0.478 e. The van der Waals surface area contributed by atoms with E-state index in [1.807, 2.05) is 45.0 Å². The van der Waals surface area contributed by atoms with Crippen LogP contribution >= 0.6 is 0 Å². The Hall–Kier alpha value is -2.10. The molecule has 0 saturated heterocycles. The number of hydrogen-bond donors (Lipinski definition) is 1. The van der Waals surface area contributed by atoms with Crippen molar-refractivity contribution in [2.45, 2.75) is 39.5 Å². The van der Waals surface area contributed by atoms with E-state index in [4.69, 9.17) is 0 Å². The molecule has 2 aromatic rings. The molecule has 1 aromatic heterocycles. The summed E-state index contributed by atoms with van der Waals surface area (Å²) in [5.41, 5.74) is 2.82. The molecular formula is C16H20N2O2. The molecule has 20 heavy (non-hydrogen) atoms. The van der Waals surface area contributed by atoms with Gasteiger partial charge in [-0.05, 0) is 24.1 Å². The monoisotopic (exact) mass is 272 g/mol. The molecule has 0 unspecified atom stereocenters. The van der Waals surface area contributed by atoms with E-state index in [1.165, 1.54) is 11.8 Å². The Balaban J connectivity index is 2.59. The minimum absolute atomic E-state index is 0.261. The first-order valence-corrected chi connectivity index (χ1v) is 6.75. The van der Waals surface area contributed by atoms with Crippen LogP contribution in [-0.2, 0) is 11.8 Å². The highest BCUT2D eigenvalue weighted by molar-refractivity contribution is 5.89. The van der Waals surface area contributed by atoms with Crippen molar-refractivity contribution in [2.24, 2.45) is 0 Å². The smallest absolute Gasteiger partial charge is 0.339 e. The van der Waals surface area contributed by atoms with Gasteiger partial charge < -0.3 is 5.11 Å². The van der Waals surface area contributed by atoms with Gasteiger partial charge in [0.2, 0.25) is 0 Å². The van der Waals surface area contributed by atoms with Gasteiger partial charge in [-0.1, -0.05) is 39.8 Å².